The Labute approximate surface area is 145 Å². The van der Waals surface area contributed by atoms with Crippen LogP contribution in [-0.2, 0) is 11.3 Å². The quantitative estimate of drug-likeness (QED) is 0.799. The molecule has 1 aromatic carbocycles. The molecule has 1 aliphatic heterocycles. The van der Waals surface area contributed by atoms with Crippen molar-refractivity contribution in [2.24, 2.45) is 5.92 Å². The molecule has 0 spiro atoms. The molecule has 1 saturated heterocycles. The van der Waals surface area contributed by atoms with Crippen molar-refractivity contribution in [1.82, 2.24) is 14.7 Å². The van der Waals surface area contributed by atoms with E-state index in [1.807, 2.05) is 4.90 Å². The first-order chi connectivity index (χ1) is 11.4. The van der Waals surface area contributed by atoms with Crippen LogP contribution >= 0.6 is 0 Å². The summed E-state index contributed by atoms with van der Waals surface area (Å²) in [5.74, 6) is 0.343. The van der Waals surface area contributed by atoms with E-state index in [2.05, 4.69) is 37.7 Å². The molecule has 0 aliphatic carbocycles. The van der Waals surface area contributed by atoms with Crippen LogP contribution in [0.4, 0.5) is 4.39 Å². The topological polar surface area (TPSA) is 26.8 Å². The summed E-state index contributed by atoms with van der Waals surface area (Å²) in [5.41, 5.74) is 0.983. The van der Waals surface area contributed by atoms with Gasteiger partial charge < -0.3 is 9.80 Å². The van der Waals surface area contributed by atoms with E-state index < -0.39 is 0 Å². The lowest BCUT2D eigenvalue weighted by atomic mass is 10.0. The molecule has 134 valence electrons. The van der Waals surface area contributed by atoms with Crippen LogP contribution in [-0.4, -0.2) is 66.9 Å². The zero-order valence-electron chi connectivity index (χ0n) is 15.3. The summed E-state index contributed by atoms with van der Waals surface area (Å²) in [5, 5.41) is 0. The fraction of sp³-hybridized carbons (Fsp3) is 0.632. The Morgan fingerprint density at radius 2 is 1.92 bits per heavy atom. The van der Waals surface area contributed by atoms with Gasteiger partial charge in [-0.15, -0.1) is 0 Å². The van der Waals surface area contributed by atoms with Gasteiger partial charge in [-0.2, -0.15) is 0 Å². The van der Waals surface area contributed by atoms with Crippen LogP contribution in [0.3, 0.4) is 0 Å². The lowest BCUT2D eigenvalue weighted by molar-refractivity contribution is -0.134. The van der Waals surface area contributed by atoms with Gasteiger partial charge >= 0.3 is 0 Å². The van der Waals surface area contributed by atoms with Gasteiger partial charge in [-0.3, -0.25) is 9.69 Å². The molecular weight excluding hydrogens is 305 g/mol. The third-order valence-electron chi connectivity index (χ3n) is 4.71. The molecule has 1 atom stereocenters. The Hall–Kier alpha value is -1.46. The summed E-state index contributed by atoms with van der Waals surface area (Å²) in [6.45, 7) is 8.60. The summed E-state index contributed by atoms with van der Waals surface area (Å²) in [6, 6.07) is 6.66. The molecule has 24 heavy (non-hydrogen) atoms. The maximum Gasteiger partial charge on any atom is 0.224 e. The van der Waals surface area contributed by atoms with Gasteiger partial charge in [0, 0.05) is 45.2 Å². The molecule has 0 bridgehead atoms. The minimum absolute atomic E-state index is 0.187. The summed E-state index contributed by atoms with van der Waals surface area (Å²) in [4.78, 5) is 19.3. The second kappa shape index (κ2) is 8.58. The zero-order chi connectivity index (χ0) is 17.7. The van der Waals surface area contributed by atoms with Gasteiger partial charge in [0.2, 0.25) is 5.91 Å². The van der Waals surface area contributed by atoms with Crippen LogP contribution < -0.4 is 0 Å². The van der Waals surface area contributed by atoms with Gasteiger partial charge in [-0.25, -0.2) is 4.39 Å². The van der Waals surface area contributed by atoms with E-state index in [-0.39, 0.29) is 17.8 Å². The average molecular weight is 335 g/mol. The fourth-order valence-corrected chi connectivity index (χ4v) is 3.14. The molecule has 1 fully saturated rings. The first-order valence-electron chi connectivity index (χ1n) is 8.78. The number of likely N-dealkylation sites (N-methyl/N-ethyl adjacent to an activating group) is 1. The predicted molar refractivity (Wildman–Crippen MR) is 95.2 cm³/mol. The molecule has 1 heterocycles. The van der Waals surface area contributed by atoms with Crippen LogP contribution in [0.15, 0.2) is 24.3 Å². The van der Waals surface area contributed by atoms with E-state index in [0.29, 0.717) is 18.9 Å². The van der Waals surface area contributed by atoms with Crippen molar-refractivity contribution in [2.45, 2.75) is 32.9 Å². The van der Waals surface area contributed by atoms with Crippen molar-refractivity contribution < 1.29 is 9.18 Å². The van der Waals surface area contributed by atoms with Crippen LogP contribution in [0.2, 0.25) is 0 Å². The third kappa shape index (κ3) is 5.28. The van der Waals surface area contributed by atoms with Crippen molar-refractivity contribution in [2.75, 3.05) is 40.3 Å². The highest BCUT2D eigenvalue weighted by atomic mass is 19.1. The third-order valence-corrected chi connectivity index (χ3v) is 4.71. The van der Waals surface area contributed by atoms with E-state index in [1.165, 1.54) is 12.1 Å². The Bertz CT molecular complexity index is 530. The molecular formula is C19H30FN3O. The molecule has 5 heteroatoms. The van der Waals surface area contributed by atoms with Crippen LogP contribution in [0.1, 0.15) is 25.8 Å². The normalized spacial score (nSPS) is 20.0. The Morgan fingerprint density at radius 3 is 2.50 bits per heavy atom. The van der Waals surface area contributed by atoms with Crippen molar-refractivity contribution in [3.63, 3.8) is 0 Å². The Balaban J connectivity index is 2.12. The van der Waals surface area contributed by atoms with Gasteiger partial charge in [-0.05, 0) is 37.7 Å². The number of carbonyl (C=O) groups is 1. The van der Waals surface area contributed by atoms with Crippen molar-refractivity contribution in [3.8, 4) is 0 Å². The number of hydrogen-bond donors (Lipinski definition) is 0. The molecule has 0 saturated carbocycles. The minimum Gasteiger partial charge on any atom is -0.334 e. The largest absolute Gasteiger partial charge is 0.334 e. The minimum atomic E-state index is -0.240. The average Bonchev–Trinajstić information content (AvgIpc) is 2.68. The summed E-state index contributed by atoms with van der Waals surface area (Å²) in [6.07, 6.45) is 0.553. The van der Waals surface area contributed by atoms with E-state index in [9.17, 15) is 9.18 Å². The molecule has 2 rings (SSSR count). The summed E-state index contributed by atoms with van der Waals surface area (Å²) in [7, 11) is 4.15. The van der Waals surface area contributed by atoms with Crippen LogP contribution in [0, 0.1) is 11.7 Å². The van der Waals surface area contributed by atoms with Gasteiger partial charge in [-0.1, -0.05) is 26.0 Å². The number of benzene rings is 1. The number of rotatable bonds is 6. The van der Waals surface area contributed by atoms with E-state index >= 15 is 0 Å². The van der Waals surface area contributed by atoms with Gasteiger partial charge in [0.25, 0.3) is 0 Å². The van der Waals surface area contributed by atoms with Crippen molar-refractivity contribution in [3.05, 3.63) is 35.6 Å². The Morgan fingerprint density at radius 1 is 1.25 bits per heavy atom. The highest BCUT2D eigenvalue weighted by Crippen LogP contribution is 2.21. The molecule has 4 nitrogen and oxygen atoms in total. The zero-order valence-corrected chi connectivity index (χ0v) is 15.3. The van der Waals surface area contributed by atoms with E-state index in [1.54, 1.807) is 12.1 Å². The molecule has 1 amide bonds. The lowest BCUT2D eigenvalue weighted by Crippen LogP contribution is -2.46. The maximum atomic E-state index is 13.1. The smallest absolute Gasteiger partial charge is 0.224 e. The van der Waals surface area contributed by atoms with Gasteiger partial charge in [0.05, 0.1) is 0 Å². The molecule has 0 aromatic heterocycles. The number of halogens is 1. The van der Waals surface area contributed by atoms with Gasteiger partial charge in [0.1, 0.15) is 5.82 Å². The number of carbonyl (C=O) groups excluding carboxylic acids is 1. The van der Waals surface area contributed by atoms with E-state index in [0.717, 1.165) is 31.7 Å². The van der Waals surface area contributed by atoms with Crippen LogP contribution in [0.25, 0.3) is 0 Å². The van der Waals surface area contributed by atoms with Crippen LogP contribution in [0.5, 0.6) is 0 Å². The highest BCUT2D eigenvalue weighted by molar-refractivity contribution is 5.77. The molecule has 1 aromatic rings. The second-order valence-electron chi connectivity index (χ2n) is 7.31. The first kappa shape index (κ1) is 18.9. The lowest BCUT2D eigenvalue weighted by Gasteiger charge is -2.35. The van der Waals surface area contributed by atoms with E-state index in [4.69, 9.17) is 0 Å². The molecule has 0 N–H and O–H groups in total. The number of amides is 1. The van der Waals surface area contributed by atoms with Crippen molar-refractivity contribution >= 4 is 5.91 Å². The first-order valence-corrected chi connectivity index (χ1v) is 8.78. The molecule has 0 radical (unpaired) electrons. The standard InChI is InChI=1S/C19H30FN3O/c1-15(2)18-14-22(12-11-21(3)4)10-9-19(24)23(18)13-16-5-7-17(20)8-6-16/h5-8,15,18H,9-14H2,1-4H3/t18-/m0/s1. The second-order valence-corrected chi connectivity index (χ2v) is 7.31. The van der Waals surface area contributed by atoms with Crippen molar-refractivity contribution in [1.29, 1.82) is 0 Å². The SMILES string of the molecule is CC(C)[C@@H]1CN(CCN(C)C)CCC(=O)N1Cc1ccc(F)cc1. The molecule has 1 aliphatic rings. The summed E-state index contributed by atoms with van der Waals surface area (Å²) >= 11 is 0. The monoisotopic (exact) mass is 335 g/mol. The highest BCUT2D eigenvalue weighted by Gasteiger charge is 2.31. The maximum absolute atomic E-state index is 13.1. The number of hydrogen-bond acceptors (Lipinski definition) is 3. The Kier molecular flexibility index (Phi) is 6.75. The predicted octanol–water partition coefficient (Wildman–Crippen LogP) is 2.45. The van der Waals surface area contributed by atoms with Gasteiger partial charge in [0.15, 0.2) is 0 Å². The summed E-state index contributed by atoms with van der Waals surface area (Å²) < 4.78 is 13.1. The number of nitrogens with zero attached hydrogens (tertiary/aromatic N) is 3. The molecule has 0 unspecified atom stereocenters. The fourth-order valence-electron chi connectivity index (χ4n) is 3.14.